The number of hydrogen-bond donors (Lipinski definition) is 0. The largest absolute Gasteiger partial charge is 0.512 e. The van der Waals surface area contributed by atoms with E-state index in [1.807, 2.05) is 13.8 Å². The summed E-state index contributed by atoms with van der Waals surface area (Å²) in [4.78, 5) is 0. The van der Waals surface area contributed by atoms with E-state index in [9.17, 15) is 43.2 Å². The van der Waals surface area contributed by atoms with E-state index in [1.165, 1.54) is 0 Å². The van der Waals surface area contributed by atoms with Gasteiger partial charge in [0.25, 0.3) is 0 Å². The molecule has 0 bridgehead atoms. The Bertz CT molecular complexity index is 620. The summed E-state index contributed by atoms with van der Waals surface area (Å²) < 4.78 is 121. The molecule has 2 atom stereocenters. The van der Waals surface area contributed by atoms with Crippen molar-refractivity contribution >= 4 is 28.8 Å². The highest BCUT2D eigenvalue weighted by molar-refractivity contribution is 8.09. The molecule has 0 rings (SSSR count). The monoisotopic (exact) mass is 481 g/mol. The Morgan fingerprint density at radius 2 is 1.18 bits per heavy atom. The molecule has 0 aromatic rings. The third-order valence-electron chi connectivity index (χ3n) is 4.00. The van der Waals surface area contributed by atoms with E-state index in [0.29, 0.717) is 12.8 Å². The smallest absolute Gasteiger partial charge is 0.201 e. The van der Waals surface area contributed by atoms with Gasteiger partial charge < -0.3 is 0 Å². The van der Waals surface area contributed by atoms with E-state index in [2.05, 4.69) is 0 Å². The van der Waals surface area contributed by atoms with Crippen LogP contribution in [-0.4, -0.2) is 37.5 Å². The van der Waals surface area contributed by atoms with Crippen molar-refractivity contribution in [2.75, 3.05) is 6.16 Å². The van der Waals surface area contributed by atoms with Gasteiger partial charge >= 0.3 is 31.1 Å². The fraction of sp³-hybridized carbons (Fsp3) is 1.00. The van der Waals surface area contributed by atoms with E-state index in [0.717, 1.165) is 32.1 Å². The summed E-state index contributed by atoms with van der Waals surface area (Å²) in [6, 6.07) is 0. The minimum absolute atomic E-state index is 0.0111. The van der Waals surface area contributed by atoms with Gasteiger partial charge in [0.15, 0.2) is 0 Å². The molecular formula is C14H26F6NO4PS2. The molecule has 0 saturated carbocycles. The number of hydrogen-bond acceptors (Lipinski definition) is 4. The normalized spacial score (nSPS) is 15.6. The van der Waals surface area contributed by atoms with Gasteiger partial charge in [0.05, 0.1) is 0 Å². The number of sulfonamides is 2. The zero-order chi connectivity index (χ0) is 22.2. The van der Waals surface area contributed by atoms with Crippen LogP contribution >= 0.6 is 8.73 Å². The molecule has 0 saturated heterocycles. The van der Waals surface area contributed by atoms with Crippen molar-refractivity contribution in [3.05, 3.63) is 0 Å². The minimum atomic E-state index is -6.68. The molecule has 170 valence electrons. The van der Waals surface area contributed by atoms with Crippen LogP contribution < -0.4 is 0 Å². The predicted molar refractivity (Wildman–Crippen MR) is 96.7 cm³/mol. The van der Waals surface area contributed by atoms with Crippen LogP contribution in [0, 0.1) is 5.92 Å². The summed E-state index contributed by atoms with van der Waals surface area (Å²) >= 11 is 0. The van der Waals surface area contributed by atoms with Gasteiger partial charge in [-0.05, 0) is 27.2 Å². The number of rotatable bonds is 13. The molecule has 0 radical (unpaired) electrons. The molecule has 0 amide bonds. The molecule has 0 spiro atoms. The van der Waals surface area contributed by atoms with Gasteiger partial charge in [-0.3, -0.25) is 0 Å². The summed E-state index contributed by atoms with van der Waals surface area (Å²) in [6.45, 7) is 3.91. The van der Waals surface area contributed by atoms with Gasteiger partial charge in [0.2, 0.25) is 0 Å². The molecule has 0 fully saturated rings. The van der Waals surface area contributed by atoms with Gasteiger partial charge in [-0.2, -0.15) is 26.3 Å². The summed E-state index contributed by atoms with van der Waals surface area (Å²) in [5.41, 5.74) is -12.3. The van der Waals surface area contributed by atoms with Crippen LogP contribution in [0.3, 0.4) is 0 Å². The Kier molecular flexibility index (Phi) is 11.3. The van der Waals surface area contributed by atoms with Crippen molar-refractivity contribution in [2.24, 2.45) is 5.92 Å². The van der Waals surface area contributed by atoms with Gasteiger partial charge in [0.1, 0.15) is 0 Å². The first-order valence-electron chi connectivity index (χ1n) is 8.79. The quantitative estimate of drug-likeness (QED) is 0.202. The number of alkyl halides is 6. The van der Waals surface area contributed by atoms with Crippen LogP contribution in [0.4, 0.5) is 26.3 Å². The molecule has 0 aromatic carbocycles. The molecule has 0 N–H and O–H groups in total. The Labute approximate surface area is 164 Å². The second-order valence-corrected chi connectivity index (χ2v) is 12.0. The van der Waals surface area contributed by atoms with Crippen LogP contribution in [0.25, 0.3) is 0 Å². The number of unbranched alkanes of at least 4 members (excludes halogenated alkanes) is 3. The topological polar surface area (TPSA) is 71.5 Å². The van der Waals surface area contributed by atoms with Crippen molar-refractivity contribution in [1.82, 2.24) is 3.48 Å². The highest BCUT2D eigenvalue weighted by Crippen LogP contribution is 2.42. The maximum Gasteiger partial charge on any atom is 0.512 e. The zero-order valence-corrected chi connectivity index (χ0v) is 18.2. The van der Waals surface area contributed by atoms with Gasteiger partial charge in [-0.1, -0.05) is 62.3 Å². The average Bonchev–Trinajstić information content (AvgIpc) is 2.53. The van der Waals surface area contributed by atoms with Crippen molar-refractivity contribution in [3.63, 3.8) is 0 Å². The molecule has 0 aliphatic heterocycles. The molecule has 0 heterocycles. The van der Waals surface area contributed by atoms with Crippen LogP contribution in [0.1, 0.15) is 65.2 Å². The van der Waals surface area contributed by atoms with Crippen molar-refractivity contribution in [2.45, 2.75) is 76.2 Å². The van der Waals surface area contributed by atoms with E-state index in [-0.39, 0.29) is 12.3 Å². The van der Waals surface area contributed by atoms with E-state index < -0.39 is 49.4 Å². The third kappa shape index (κ3) is 7.95. The highest BCUT2D eigenvalue weighted by Gasteiger charge is 2.61. The van der Waals surface area contributed by atoms with Crippen LogP contribution in [0.5, 0.6) is 0 Å². The fourth-order valence-electron chi connectivity index (χ4n) is 2.46. The standard InChI is InChI=1S/C14H26F6NO4PS2/c1-3-5-7-9-12(8-6-4-2)10-11-26-21(27(22,23)13(15,16)17)28(24,25)14(18,19)20/h12,26H,3-11H2,1-2H3. The van der Waals surface area contributed by atoms with E-state index >= 15 is 0 Å². The average molecular weight is 481 g/mol. The summed E-state index contributed by atoms with van der Waals surface area (Å²) in [5.74, 6) is -0.0111. The molecule has 2 unspecified atom stereocenters. The first kappa shape index (κ1) is 27.9. The lowest BCUT2D eigenvalue weighted by atomic mass is 9.93. The Morgan fingerprint density at radius 1 is 0.750 bits per heavy atom. The Balaban J connectivity index is 5.41. The van der Waals surface area contributed by atoms with Crippen molar-refractivity contribution in [1.29, 1.82) is 0 Å². The highest BCUT2D eigenvalue weighted by atomic mass is 32.3. The third-order valence-corrected chi connectivity index (χ3v) is 10.2. The zero-order valence-electron chi connectivity index (χ0n) is 15.6. The number of nitrogens with zero attached hydrogens (tertiary/aromatic N) is 1. The molecule has 0 aliphatic carbocycles. The molecular weight excluding hydrogens is 455 g/mol. The van der Waals surface area contributed by atoms with Gasteiger partial charge in [-0.25, -0.2) is 16.8 Å². The van der Waals surface area contributed by atoms with Crippen LogP contribution in [-0.2, 0) is 20.0 Å². The lowest BCUT2D eigenvalue weighted by Gasteiger charge is -2.24. The lowest BCUT2D eigenvalue weighted by Crippen LogP contribution is -2.45. The Morgan fingerprint density at radius 3 is 1.57 bits per heavy atom. The first-order valence-corrected chi connectivity index (χ1v) is 12.8. The van der Waals surface area contributed by atoms with E-state index in [1.54, 1.807) is 0 Å². The number of halogens is 6. The van der Waals surface area contributed by atoms with Gasteiger partial charge in [0, 0.05) is 0 Å². The maximum atomic E-state index is 12.7. The van der Waals surface area contributed by atoms with Crippen molar-refractivity contribution < 1.29 is 43.2 Å². The molecule has 0 aliphatic rings. The van der Waals surface area contributed by atoms with Crippen LogP contribution in [0.2, 0.25) is 0 Å². The maximum absolute atomic E-state index is 12.7. The lowest BCUT2D eigenvalue weighted by molar-refractivity contribution is -0.0504. The predicted octanol–water partition coefficient (Wildman–Crippen LogP) is 5.36. The Hall–Kier alpha value is -0.130. The fourth-order valence-corrected chi connectivity index (χ4v) is 7.62. The van der Waals surface area contributed by atoms with E-state index in [4.69, 9.17) is 0 Å². The summed E-state index contributed by atoms with van der Waals surface area (Å²) in [5, 5.41) is 0. The minimum Gasteiger partial charge on any atom is -0.201 e. The molecule has 14 heteroatoms. The second-order valence-electron chi connectivity index (χ2n) is 6.30. The molecule has 0 aromatic heterocycles. The van der Waals surface area contributed by atoms with Crippen LogP contribution in [0.15, 0.2) is 0 Å². The second kappa shape index (κ2) is 11.3. The first-order chi connectivity index (χ1) is 12.6. The van der Waals surface area contributed by atoms with Crippen molar-refractivity contribution in [3.8, 4) is 0 Å². The summed E-state index contributed by atoms with van der Waals surface area (Å²) in [7, 11) is -15.1. The summed E-state index contributed by atoms with van der Waals surface area (Å²) in [6.07, 6.45) is 5.50. The molecule has 5 nitrogen and oxygen atoms in total. The molecule has 28 heavy (non-hydrogen) atoms. The van der Waals surface area contributed by atoms with Gasteiger partial charge in [-0.15, -0.1) is 0 Å². The SMILES string of the molecule is CCCCCC(CCCC)CCPN(S(=O)(=O)C(F)(F)F)S(=O)(=O)C(F)(F)F.